The molecule has 5 nitrogen and oxygen atoms in total. The normalized spacial score (nSPS) is 30.8. The lowest BCUT2D eigenvalue weighted by molar-refractivity contribution is -0.262. The van der Waals surface area contributed by atoms with E-state index in [0.717, 1.165) is 39.1 Å². The molecule has 0 aromatic rings. The molecule has 0 N–H and O–H groups in total. The smallest absolute Gasteiger partial charge is 0.187 e. The highest BCUT2D eigenvalue weighted by molar-refractivity contribution is 4.96. The van der Waals surface area contributed by atoms with E-state index >= 15 is 0 Å². The Morgan fingerprint density at radius 1 is 0.654 bits per heavy atom. The molecule has 2 fully saturated rings. The molecular formula is C21H40O5. The van der Waals surface area contributed by atoms with Gasteiger partial charge in [0.1, 0.15) is 24.4 Å². The first-order valence-electron chi connectivity index (χ1n) is 10.9. The molecule has 5 heteroatoms. The third kappa shape index (κ3) is 6.75. The highest BCUT2D eigenvalue weighted by atomic mass is 16.8. The Kier molecular flexibility index (Phi) is 11.1. The number of fused-ring (bicyclic) bond motifs is 2. The zero-order valence-electron chi connectivity index (χ0n) is 17.1. The highest BCUT2D eigenvalue weighted by Crippen LogP contribution is 2.34. The molecule has 0 aliphatic carbocycles. The van der Waals surface area contributed by atoms with Crippen LogP contribution in [-0.4, -0.2) is 57.1 Å². The van der Waals surface area contributed by atoms with Gasteiger partial charge in [-0.15, -0.1) is 0 Å². The third-order valence-corrected chi connectivity index (χ3v) is 5.19. The predicted molar refractivity (Wildman–Crippen MR) is 102 cm³/mol. The average molecular weight is 373 g/mol. The van der Waals surface area contributed by atoms with Gasteiger partial charge in [-0.05, 0) is 19.3 Å². The first kappa shape index (κ1) is 22.1. The summed E-state index contributed by atoms with van der Waals surface area (Å²) in [5.74, 6) is 0. The van der Waals surface area contributed by atoms with Crippen LogP contribution in [-0.2, 0) is 23.7 Å². The molecule has 2 aliphatic heterocycles. The van der Waals surface area contributed by atoms with Gasteiger partial charge in [-0.1, -0.05) is 59.3 Å². The maximum atomic E-state index is 6.30. The second kappa shape index (κ2) is 13.1. The van der Waals surface area contributed by atoms with Crippen molar-refractivity contribution in [2.75, 3.05) is 26.4 Å². The van der Waals surface area contributed by atoms with Crippen molar-refractivity contribution >= 4 is 0 Å². The van der Waals surface area contributed by atoms with Crippen LogP contribution in [0, 0.1) is 0 Å². The SMILES string of the molecule is CCCCCO[C@@H]1[C@@H](OCCCCC)[C@@H]2OC[C@@H](O2)[C@H]1OCCCCC. The number of ether oxygens (including phenoxy) is 5. The fourth-order valence-electron chi connectivity index (χ4n) is 3.62. The van der Waals surface area contributed by atoms with Crippen LogP contribution in [0.2, 0.25) is 0 Å². The molecule has 0 aromatic heterocycles. The summed E-state index contributed by atoms with van der Waals surface area (Å²) in [4.78, 5) is 0. The summed E-state index contributed by atoms with van der Waals surface area (Å²) in [6.45, 7) is 9.42. The fourth-order valence-corrected chi connectivity index (χ4v) is 3.62. The molecule has 0 amide bonds. The van der Waals surface area contributed by atoms with E-state index in [1.807, 2.05) is 0 Å². The van der Waals surface area contributed by atoms with Crippen LogP contribution in [0.15, 0.2) is 0 Å². The number of hydrogen-bond donors (Lipinski definition) is 0. The predicted octanol–water partition coefficient (Wildman–Crippen LogP) is 4.47. The van der Waals surface area contributed by atoms with Gasteiger partial charge in [0.15, 0.2) is 6.29 Å². The second-order valence-corrected chi connectivity index (χ2v) is 7.50. The molecule has 0 saturated carbocycles. The van der Waals surface area contributed by atoms with Crippen LogP contribution in [0.25, 0.3) is 0 Å². The van der Waals surface area contributed by atoms with Crippen LogP contribution < -0.4 is 0 Å². The van der Waals surface area contributed by atoms with Crippen molar-refractivity contribution in [1.29, 1.82) is 0 Å². The lowest BCUT2D eigenvalue weighted by Crippen LogP contribution is -2.57. The summed E-state index contributed by atoms with van der Waals surface area (Å²) in [7, 11) is 0. The van der Waals surface area contributed by atoms with Crippen molar-refractivity contribution in [3.8, 4) is 0 Å². The third-order valence-electron chi connectivity index (χ3n) is 5.19. The van der Waals surface area contributed by atoms with E-state index in [-0.39, 0.29) is 30.7 Å². The van der Waals surface area contributed by atoms with E-state index in [1.54, 1.807) is 0 Å². The molecule has 0 unspecified atom stereocenters. The molecule has 2 aliphatic rings. The second-order valence-electron chi connectivity index (χ2n) is 7.50. The van der Waals surface area contributed by atoms with E-state index in [9.17, 15) is 0 Å². The summed E-state index contributed by atoms with van der Waals surface area (Å²) in [5.41, 5.74) is 0. The molecule has 26 heavy (non-hydrogen) atoms. The van der Waals surface area contributed by atoms with Gasteiger partial charge >= 0.3 is 0 Å². The quantitative estimate of drug-likeness (QED) is 0.397. The van der Waals surface area contributed by atoms with Crippen LogP contribution >= 0.6 is 0 Å². The van der Waals surface area contributed by atoms with E-state index in [2.05, 4.69) is 20.8 Å². The van der Waals surface area contributed by atoms with Crippen molar-refractivity contribution in [2.24, 2.45) is 0 Å². The number of hydrogen-bond acceptors (Lipinski definition) is 5. The molecule has 2 heterocycles. The van der Waals surface area contributed by atoms with Gasteiger partial charge in [0.05, 0.1) is 6.61 Å². The van der Waals surface area contributed by atoms with Crippen molar-refractivity contribution < 1.29 is 23.7 Å². The standard InChI is InChI=1S/C21H40O5/c1-4-7-10-13-22-18-17-16-25-21(26-17)20(24-15-12-9-6-3)19(18)23-14-11-8-5-2/h17-21H,4-16H2,1-3H3/t17-,18-,19+,20-,21-/m1/s1. The Morgan fingerprint density at radius 3 is 1.69 bits per heavy atom. The summed E-state index contributed by atoms with van der Waals surface area (Å²) >= 11 is 0. The van der Waals surface area contributed by atoms with Gasteiger partial charge in [0, 0.05) is 19.8 Å². The zero-order valence-corrected chi connectivity index (χ0v) is 17.1. The largest absolute Gasteiger partial charge is 0.373 e. The van der Waals surface area contributed by atoms with Crippen LogP contribution in [0.1, 0.15) is 78.6 Å². The fraction of sp³-hybridized carbons (Fsp3) is 1.00. The van der Waals surface area contributed by atoms with Crippen LogP contribution in [0.5, 0.6) is 0 Å². The minimum Gasteiger partial charge on any atom is -0.373 e. The Hall–Kier alpha value is -0.200. The average Bonchev–Trinajstić information content (AvgIpc) is 3.08. The van der Waals surface area contributed by atoms with Gasteiger partial charge < -0.3 is 23.7 Å². The Morgan fingerprint density at radius 2 is 1.15 bits per heavy atom. The lowest BCUT2D eigenvalue weighted by atomic mass is 10.00. The monoisotopic (exact) mass is 372 g/mol. The summed E-state index contributed by atoms with van der Waals surface area (Å²) in [6, 6.07) is 0. The number of rotatable bonds is 15. The van der Waals surface area contributed by atoms with Crippen molar-refractivity contribution in [2.45, 2.75) is 109 Å². The summed E-state index contributed by atoms with van der Waals surface area (Å²) in [6.07, 6.45) is 9.63. The zero-order chi connectivity index (χ0) is 18.6. The molecule has 0 radical (unpaired) electrons. The Bertz CT molecular complexity index is 325. The molecular weight excluding hydrogens is 332 g/mol. The van der Waals surface area contributed by atoms with E-state index in [1.165, 1.54) is 38.5 Å². The maximum absolute atomic E-state index is 6.30. The van der Waals surface area contributed by atoms with Gasteiger partial charge in [0.2, 0.25) is 0 Å². The lowest BCUT2D eigenvalue weighted by Gasteiger charge is -2.40. The molecule has 2 saturated heterocycles. The molecule has 2 bridgehead atoms. The molecule has 154 valence electrons. The highest BCUT2D eigenvalue weighted by Gasteiger charge is 2.52. The van der Waals surface area contributed by atoms with E-state index in [4.69, 9.17) is 23.7 Å². The van der Waals surface area contributed by atoms with Crippen LogP contribution in [0.4, 0.5) is 0 Å². The molecule has 0 aromatic carbocycles. The Labute approximate surface area is 160 Å². The minimum absolute atomic E-state index is 0.0340. The van der Waals surface area contributed by atoms with Crippen LogP contribution in [0.3, 0.4) is 0 Å². The molecule has 5 atom stereocenters. The molecule has 2 rings (SSSR count). The maximum Gasteiger partial charge on any atom is 0.187 e. The first-order valence-corrected chi connectivity index (χ1v) is 10.9. The molecule has 0 spiro atoms. The van der Waals surface area contributed by atoms with Gasteiger partial charge in [-0.2, -0.15) is 0 Å². The topological polar surface area (TPSA) is 46.2 Å². The summed E-state index contributed by atoms with van der Waals surface area (Å²) in [5, 5.41) is 0. The van der Waals surface area contributed by atoms with E-state index in [0.29, 0.717) is 6.61 Å². The van der Waals surface area contributed by atoms with Gasteiger partial charge in [-0.25, -0.2) is 0 Å². The van der Waals surface area contributed by atoms with Crippen molar-refractivity contribution in [3.63, 3.8) is 0 Å². The summed E-state index contributed by atoms with van der Waals surface area (Å²) < 4.78 is 30.6. The first-order chi connectivity index (χ1) is 12.8. The van der Waals surface area contributed by atoms with Crippen molar-refractivity contribution in [1.82, 2.24) is 0 Å². The number of unbranched alkanes of at least 4 members (excludes halogenated alkanes) is 6. The van der Waals surface area contributed by atoms with Gasteiger partial charge in [-0.3, -0.25) is 0 Å². The minimum atomic E-state index is -0.312. The van der Waals surface area contributed by atoms with Crippen molar-refractivity contribution in [3.05, 3.63) is 0 Å². The Balaban J connectivity index is 1.94. The van der Waals surface area contributed by atoms with Gasteiger partial charge in [0.25, 0.3) is 0 Å². The van der Waals surface area contributed by atoms with E-state index < -0.39 is 0 Å².